The second-order valence-electron chi connectivity index (χ2n) is 7.65. The molecule has 1 fully saturated rings. The normalized spacial score (nSPS) is 14.8. The molecule has 7 heteroatoms. The van der Waals surface area contributed by atoms with Crippen molar-refractivity contribution in [3.8, 4) is 0 Å². The highest BCUT2D eigenvalue weighted by molar-refractivity contribution is 6.30. The predicted molar refractivity (Wildman–Crippen MR) is 117 cm³/mol. The van der Waals surface area contributed by atoms with Crippen LogP contribution in [0.2, 0.25) is 5.02 Å². The van der Waals surface area contributed by atoms with Gasteiger partial charge in [0.05, 0.1) is 6.20 Å². The molecule has 1 aromatic heterocycles. The molecule has 30 heavy (non-hydrogen) atoms. The van der Waals surface area contributed by atoms with Gasteiger partial charge in [0.1, 0.15) is 0 Å². The topological polar surface area (TPSA) is 54.3 Å². The van der Waals surface area contributed by atoms with Crippen molar-refractivity contribution in [3.05, 3.63) is 82.6 Å². The van der Waals surface area contributed by atoms with E-state index < -0.39 is 0 Å². The van der Waals surface area contributed by atoms with Crippen LogP contribution < -0.4 is 0 Å². The number of rotatable bonds is 7. The first kappa shape index (κ1) is 20.6. The van der Waals surface area contributed by atoms with E-state index in [0.717, 1.165) is 44.0 Å². The largest absolute Gasteiger partial charge is 0.335 e. The van der Waals surface area contributed by atoms with Gasteiger partial charge in [-0.25, -0.2) is 0 Å². The van der Waals surface area contributed by atoms with Gasteiger partial charge in [-0.2, -0.15) is 0 Å². The third-order valence-corrected chi connectivity index (χ3v) is 5.64. The zero-order valence-electron chi connectivity index (χ0n) is 17.0. The van der Waals surface area contributed by atoms with Crippen LogP contribution in [0.25, 0.3) is 0 Å². The van der Waals surface area contributed by atoms with Crippen LogP contribution in [-0.2, 0) is 19.5 Å². The fraction of sp³-hybridized carbons (Fsp3) is 0.348. The lowest BCUT2D eigenvalue weighted by atomic mass is 10.1. The number of halogens is 1. The average molecular weight is 424 g/mol. The van der Waals surface area contributed by atoms with Gasteiger partial charge in [-0.1, -0.05) is 59.3 Å². The van der Waals surface area contributed by atoms with Crippen LogP contribution in [0.5, 0.6) is 0 Å². The zero-order valence-corrected chi connectivity index (χ0v) is 17.7. The van der Waals surface area contributed by atoms with E-state index in [1.165, 1.54) is 11.1 Å². The van der Waals surface area contributed by atoms with Crippen molar-refractivity contribution in [1.82, 2.24) is 24.8 Å². The fourth-order valence-electron chi connectivity index (χ4n) is 3.76. The van der Waals surface area contributed by atoms with E-state index in [4.69, 9.17) is 11.6 Å². The molecule has 0 spiro atoms. The van der Waals surface area contributed by atoms with Crippen molar-refractivity contribution < 1.29 is 4.79 Å². The van der Waals surface area contributed by atoms with Gasteiger partial charge in [0, 0.05) is 44.3 Å². The Kier molecular flexibility index (Phi) is 6.77. The first-order valence-corrected chi connectivity index (χ1v) is 10.8. The van der Waals surface area contributed by atoms with Crippen molar-refractivity contribution in [2.75, 3.05) is 26.2 Å². The van der Waals surface area contributed by atoms with Crippen LogP contribution in [0, 0.1) is 0 Å². The van der Waals surface area contributed by atoms with E-state index in [2.05, 4.69) is 45.5 Å². The van der Waals surface area contributed by atoms with Crippen molar-refractivity contribution in [2.24, 2.45) is 0 Å². The first-order valence-electron chi connectivity index (χ1n) is 10.4. The molecule has 0 N–H and O–H groups in total. The lowest BCUT2D eigenvalue weighted by Crippen LogP contribution is -2.48. The van der Waals surface area contributed by atoms with E-state index in [9.17, 15) is 4.79 Å². The van der Waals surface area contributed by atoms with Crippen molar-refractivity contribution in [2.45, 2.75) is 25.9 Å². The maximum Gasteiger partial charge on any atom is 0.276 e. The minimum Gasteiger partial charge on any atom is -0.335 e. The van der Waals surface area contributed by atoms with Crippen LogP contribution in [0.4, 0.5) is 0 Å². The summed E-state index contributed by atoms with van der Waals surface area (Å²) in [5.74, 6) is -0.0354. The quantitative estimate of drug-likeness (QED) is 0.583. The molecule has 0 saturated carbocycles. The van der Waals surface area contributed by atoms with Gasteiger partial charge in [-0.05, 0) is 36.1 Å². The van der Waals surface area contributed by atoms with Gasteiger partial charge in [-0.15, -0.1) is 5.10 Å². The monoisotopic (exact) mass is 423 g/mol. The Morgan fingerprint density at radius 2 is 1.73 bits per heavy atom. The molecule has 156 valence electrons. The Bertz CT molecular complexity index is 966. The number of aromatic nitrogens is 3. The van der Waals surface area contributed by atoms with Gasteiger partial charge in [0.25, 0.3) is 5.91 Å². The van der Waals surface area contributed by atoms with Gasteiger partial charge in [0.2, 0.25) is 0 Å². The SMILES string of the molecule is O=C(c1cn(CCCc2ccccc2)nn1)N1CCN(Cc2cccc(Cl)c2)CC1. The average Bonchev–Trinajstić information content (AvgIpc) is 3.24. The van der Waals surface area contributed by atoms with Gasteiger partial charge < -0.3 is 4.90 Å². The molecule has 0 aliphatic carbocycles. The Hall–Kier alpha value is -2.70. The van der Waals surface area contributed by atoms with Crippen LogP contribution in [-0.4, -0.2) is 56.9 Å². The van der Waals surface area contributed by atoms with E-state index in [1.54, 1.807) is 10.9 Å². The molecule has 1 amide bonds. The molecule has 1 aliphatic heterocycles. The van der Waals surface area contributed by atoms with Gasteiger partial charge in [-0.3, -0.25) is 14.4 Å². The summed E-state index contributed by atoms with van der Waals surface area (Å²) in [6, 6.07) is 18.3. The molecule has 2 aromatic carbocycles. The number of hydrogen-bond donors (Lipinski definition) is 0. The number of benzene rings is 2. The highest BCUT2D eigenvalue weighted by Crippen LogP contribution is 2.15. The van der Waals surface area contributed by atoms with Gasteiger partial charge in [0.15, 0.2) is 5.69 Å². The maximum absolute atomic E-state index is 12.8. The summed E-state index contributed by atoms with van der Waals surface area (Å²) in [4.78, 5) is 17.0. The molecule has 4 rings (SSSR count). The summed E-state index contributed by atoms with van der Waals surface area (Å²) in [6.45, 7) is 4.66. The maximum atomic E-state index is 12.8. The second-order valence-corrected chi connectivity index (χ2v) is 8.09. The number of amides is 1. The molecular formula is C23H26ClN5O. The molecule has 2 heterocycles. The molecule has 0 atom stereocenters. The summed E-state index contributed by atoms with van der Waals surface area (Å²) >= 11 is 6.07. The summed E-state index contributed by atoms with van der Waals surface area (Å²) in [6.07, 6.45) is 3.72. The molecule has 6 nitrogen and oxygen atoms in total. The fourth-order valence-corrected chi connectivity index (χ4v) is 3.97. The molecule has 0 radical (unpaired) electrons. The Morgan fingerprint density at radius 1 is 0.967 bits per heavy atom. The van der Waals surface area contributed by atoms with Gasteiger partial charge >= 0.3 is 0 Å². The van der Waals surface area contributed by atoms with Crippen molar-refractivity contribution in [1.29, 1.82) is 0 Å². The number of aryl methyl sites for hydroxylation is 2. The van der Waals surface area contributed by atoms with E-state index in [1.807, 2.05) is 29.2 Å². The molecule has 1 aliphatic rings. The lowest BCUT2D eigenvalue weighted by Gasteiger charge is -2.34. The van der Waals surface area contributed by atoms with Crippen LogP contribution in [0.3, 0.4) is 0 Å². The minimum atomic E-state index is -0.0354. The van der Waals surface area contributed by atoms with E-state index in [-0.39, 0.29) is 5.91 Å². The molecule has 0 bridgehead atoms. The minimum absolute atomic E-state index is 0.0354. The Labute approximate surface area is 182 Å². The molecule has 3 aromatic rings. The first-order chi connectivity index (χ1) is 14.7. The number of nitrogens with zero attached hydrogens (tertiary/aromatic N) is 5. The summed E-state index contributed by atoms with van der Waals surface area (Å²) in [7, 11) is 0. The second kappa shape index (κ2) is 9.87. The Balaban J connectivity index is 1.24. The predicted octanol–water partition coefficient (Wildman–Crippen LogP) is 3.52. The number of carbonyl (C=O) groups excluding carboxylic acids is 1. The standard InChI is InChI=1S/C23H26ClN5O/c24-21-10-4-8-20(16-21)17-27-12-14-28(15-13-27)23(30)22-18-29(26-25-22)11-5-9-19-6-2-1-3-7-19/h1-4,6-8,10,16,18H,5,9,11-15,17H2. The molecule has 0 unspecified atom stereocenters. The van der Waals surface area contributed by atoms with Crippen molar-refractivity contribution in [3.63, 3.8) is 0 Å². The number of carbonyl (C=O) groups is 1. The Morgan fingerprint density at radius 3 is 2.50 bits per heavy atom. The van der Waals surface area contributed by atoms with Crippen LogP contribution in [0.15, 0.2) is 60.8 Å². The zero-order chi connectivity index (χ0) is 20.8. The highest BCUT2D eigenvalue weighted by Gasteiger charge is 2.24. The summed E-state index contributed by atoms with van der Waals surface area (Å²) in [5, 5.41) is 9.00. The smallest absolute Gasteiger partial charge is 0.276 e. The molecule has 1 saturated heterocycles. The lowest BCUT2D eigenvalue weighted by molar-refractivity contribution is 0.0622. The van der Waals surface area contributed by atoms with E-state index >= 15 is 0 Å². The van der Waals surface area contributed by atoms with Crippen LogP contribution in [0.1, 0.15) is 28.0 Å². The third kappa shape index (κ3) is 5.46. The highest BCUT2D eigenvalue weighted by atomic mass is 35.5. The van der Waals surface area contributed by atoms with Crippen LogP contribution >= 0.6 is 11.6 Å². The summed E-state index contributed by atoms with van der Waals surface area (Å²) in [5.41, 5.74) is 2.93. The number of hydrogen-bond acceptors (Lipinski definition) is 4. The van der Waals surface area contributed by atoms with E-state index in [0.29, 0.717) is 18.8 Å². The van der Waals surface area contributed by atoms with Crippen molar-refractivity contribution >= 4 is 17.5 Å². The number of piperazine rings is 1. The molecular weight excluding hydrogens is 398 g/mol. The summed E-state index contributed by atoms with van der Waals surface area (Å²) < 4.78 is 1.77. The third-order valence-electron chi connectivity index (χ3n) is 5.41.